The van der Waals surface area contributed by atoms with Gasteiger partial charge in [-0.3, -0.25) is 14.0 Å². The van der Waals surface area contributed by atoms with Gasteiger partial charge in [0.1, 0.15) is 5.69 Å². The second-order valence-electron chi connectivity index (χ2n) is 9.64. The van der Waals surface area contributed by atoms with Crippen LogP contribution in [0.3, 0.4) is 0 Å². The maximum atomic E-state index is 12.7. The van der Waals surface area contributed by atoms with Crippen LogP contribution in [0.1, 0.15) is 66.6 Å². The summed E-state index contributed by atoms with van der Waals surface area (Å²) >= 11 is 13.9. The molecule has 1 aliphatic carbocycles. The van der Waals surface area contributed by atoms with E-state index in [4.69, 9.17) is 27.9 Å². The second-order valence-corrected chi connectivity index (χ2v) is 11.5. The smallest absolute Gasteiger partial charge is 0.306 e. The van der Waals surface area contributed by atoms with Gasteiger partial charge in [0.05, 0.1) is 11.5 Å². The fraction of sp³-hybridized carbons (Fsp3) is 0.345. The van der Waals surface area contributed by atoms with Crippen LogP contribution in [0.4, 0.5) is 0 Å². The number of hydrogen-bond donors (Lipinski definition) is 1. The minimum atomic E-state index is -0.278. The Bertz CT molecular complexity index is 1390. The molecule has 4 aromatic rings. The van der Waals surface area contributed by atoms with E-state index < -0.39 is 0 Å². The van der Waals surface area contributed by atoms with Gasteiger partial charge in [0.25, 0.3) is 5.91 Å². The number of carbonyl (C=O) groups is 2. The molecule has 2 aromatic carbocycles. The Morgan fingerprint density at radius 3 is 2.42 bits per heavy atom. The van der Waals surface area contributed by atoms with E-state index in [0.717, 1.165) is 41.1 Å². The van der Waals surface area contributed by atoms with Gasteiger partial charge in [0.2, 0.25) is 0 Å². The Labute approximate surface area is 235 Å². The summed E-state index contributed by atoms with van der Waals surface area (Å²) in [7, 11) is 0. The summed E-state index contributed by atoms with van der Waals surface area (Å²) in [6.45, 7) is 2.53. The summed E-state index contributed by atoms with van der Waals surface area (Å²) in [6, 6.07) is 14.0. The number of imidazole rings is 1. The lowest BCUT2D eigenvalue weighted by Gasteiger charge is -2.28. The number of nitrogens with one attached hydrogen (secondary N) is 1. The summed E-state index contributed by atoms with van der Waals surface area (Å²) < 4.78 is 6.99. The van der Waals surface area contributed by atoms with Crippen molar-refractivity contribution in [2.45, 2.75) is 51.5 Å². The molecule has 0 radical (unpaired) electrons. The Balaban J connectivity index is 1.19. The van der Waals surface area contributed by atoms with E-state index in [0.29, 0.717) is 46.2 Å². The van der Waals surface area contributed by atoms with Crippen LogP contribution < -0.4 is 5.32 Å². The number of nitrogens with zero attached hydrogens (tertiary/aromatic N) is 2. The molecular weight excluding hydrogens is 541 g/mol. The lowest BCUT2D eigenvalue weighted by molar-refractivity contribution is -0.144. The molecule has 0 atom stereocenters. The molecular formula is C29H29Cl2N3O3S. The average Bonchev–Trinajstić information content (AvgIpc) is 3.49. The molecule has 1 N–H and O–H groups in total. The van der Waals surface area contributed by atoms with E-state index >= 15 is 0 Å². The monoisotopic (exact) mass is 569 g/mol. The van der Waals surface area contributed by atoms with Crippen molar-refractivity contribution in [2.24, 2.45) is 5.92 Å². The van der Waals surface area contributed by atoms with Gasteiger partial charge >= 0.3 is 5.97 Å². The highest BCUT2D eigenvalue weighted by Gasteiger charge is 2.24. The van der Waals surface area contributed by atoms with E-state index in [-0.39, 0.29) is 18.4 Å². The van der Waals surface area contributed by atoms with Crippen molar-refractivity contribution in [1.29, 1.82) is 0 Å². The van der Waals surface area contributed by atoms with Gasteiger partial charge in [-0.1, -0.05) is 64.9 Å². The molecule has 1 amide bonds. The van der Waals surface area contributed by atoms with E-state index in [2.05, 4.69) is 34.6 Å². The fourth-order valence-corrected chi connectivity index (χ4v) is 6.58. The molecule has 38 heavy (non-hydrogen) atoms. The molecule has 9 heteroatoms. The van der Waals surface area contributed by atoms with Crippen LogP contribution in [-0.2, 0) is 16.1 Å². The van der Waals surface area contributed by atoms with E-state index in [9.17, 15) is 9.59 Å². The Kier molecular flexibility index (Phi) is 8.36. The summed E-state index contributed by atoms with van der Waals surface area (Å²) in [6.07, 6.45) is 8.61. The van der Waals surface area contributed by atoms with Gasteiger partial charge in [-0.2, -0.15) is 0 Å². The number of hydrogen-bond acceptors (Lipinski definition) is 5. The first-order chi connectivity index (χ1) is 18.4. The minimum absolute atomic E-state index is 0.0719. The molecule has 2 heterocycles. The van der Waals surface area contributed by atoms with Crippen molar-refractivity contribution in [2.75, 3.05) is 6.61 Å². The highest BCUT2D eigenvalue weighted by molar-refractivity contribution is 7.20. The van der Waals surface area contributed by atoms with Crippen molar-refractivity contribution < 1.29 is 14.3 Å². The van der Waals surface area contributed by atoms with Crippen molar-refractivity contribution in [3.05, 3.63) is 81.7 Å². The predicted molar refractivity (Wildman–Crippen MR) is 152 cm³/mol. The standard InChI is InChI=1S/C29H29Cl2N3O3S/c1-2-37-27(35)14-18-6-8-19(9-7-18)20-10-12-21(13-11-20)26-17-34-16-25(33-29(34)38-26)28(36)32-15-22-23(30)4-3-5-24(22)31/h3-5,10-13,16-19H,2,6-9,14-15H2,1H3,(H,32,36). The fourth-order valence-electron chi connectivity index (χ4n) is 5.07. The van der Waals surface area contributed by atoms with Crippen molar-refractivity contribution in [1.82, 2.24) is 14.7 Å². The van der Waals surface area contributed by atoms with E-state index in [1.54, 1.807) is 35.7 Å². The molecule has 5 rings (SSSR count). The molecule has 0 saturated heterocycles. The molecule has 0 unspecified atom stereocenters. The first-order valence-electron chi connectivity index (χ1n) is 12.9. The number of esters is 1. The first-order valence-corrected chi connectivity index (χ1v) is 14.4. The molecule has 0 aliphatic heterocycles. The topological polar surface area (TPSA) is 72.7 Å². The lowest BCUT2D eigenvalue weighted by atomic mass is 9.77. The van der Waals surface area contributed by atoms with Crippen LogP contribution in [0.25, 0.3) is 15.4 Å². The van der Waals surface area contributed by atoms with Gasteiger partial charge in [-0.05, 0) is 67.7 Å². The zero-order valence-corrected chi connectivity index (χ0v) is 23.4. The highest BCUT2D eigenvalue weighted by atomic mass is 35.5. The first kappa shape index (κ1) is 26.7. The third kappa shape index (κ3) is 6.06. The third-order valence-electron chi connectivity index (χ3n) is 7.15. The molecule has 1 aliphatic rings. The zero-order chi connectivity index (χ0) is 26.6. The summed E-state index contributed by atoms with van der Waals surface area (Å²) in [5, 5.41) is 3.88. The van der Waals surface area contributed by atoms with Crippen molar-refractivity contribution in [3.63, 3.8) is 0 Å². The molecule has 0 bridgehead atoms. The normalized spacial score (nSPS) is 17.4. The predicted octanol–water partition coefficient (Wildman–Crippen LogP) is 7.53. The molecule has 198 valence electrons. The quantitative estimate of drug-likeness (QED) is 0.222. The highest BCUT2D eigenvalue weighted by Crippen LogP contribution is 2.38. The summed E-state index contributed by atoms with van der Waals surface area (Å²) in [4.78, 5) is 30.8. The molecule has 1 fully saturated rings. The van der Waals surface area contributed by atoms with E-state index in [1.165, 1.54) is 5.56 Å². The number of aromatic nitrogens is 2. The number of rotatable bonds is 8. The van der Waals surface area contributed by atoms with Crippen LogP contribution in [0.2, 0.25) is 10.0 Å². The van der Waals surface area contributed by atoms with Gasteiger partial charge < -0.3 is 10.1 Å². The maximum absolute atomic E-state index is 12.7. The SMILES string of the molecule is CCOC(=O)CC1CCC(c2ccc(-c3cn4cc(C(=O)NCc5c(Cl)cccc5Cl)nc4s3)cc2)CC1. The number of fused-ring (bicyclic) bond motifs is 1. The Morgan fingerprint density at radius 2 is 1.76 bits per heavy atom. The number of carbonyl (C=O) groups excluding carboxylic acids is 2. The minimum Gasteiger partial charge on any atom is -0.466 e. The maximum Gasteiger partial charge on any atom is 0.306 e. The number of amides is 1. The van der Waals surface area contributed by atoms with Crippen molar-refractivity contribution in [3.8, 4) is 10.4 Å². The van der Waals surface area contributed by atoms with E-state index in [1.807, 2.05) is 17.5 Å². The average molecular weight is 571 g/mol. The Hall–Kier alpha value is -2.87. The number of halogens is 2. The van der Waals surface area contributed by atoms with Gasteiger partial charge in [0, 0.05) is 41.0 Å². The van der Waals surface area contributed by atoms with Gasteiger partial charge in [-0.15, -0.1) is 0 Å². The van der Waals surface area contributed by atoms with Gasteiger partial charge in [-0.25, -0.2) is 4.98 Å². The largest absolute Gasteiger partial charge is 0.466 e. The lowest BCUT2D eigenvalue weighted by Crippen LogP contribution is -2.23. The molecule has 0 spiro atoms. The third-order valence-corrected chi connectivity index (χ3v) is 8.90. The van der Waals surface area contributed by atoms with Crippen LogP contribution in [0.5, 0.6) is 0 Å². The molecule has 6 nitrogen and oxygen atoms in total. The van der Waals surface area contributed by atoms with Crippen LogP contribution >= 0.6 is 34.5 Å². The number of thiazole rings is 1. The Morgan fingerprint density at radius 1 is 1.05 bits per heavy atom. The number of ether oxygens (including phenoxy) is 1. The van der Waals surface area contributed by atoms with Crippen LogP contribution in [-0.4, -0.2) is 27.9 Å². The zero-order valence-electron chi connectivity index (χ0n) is 21.1. The van der Waals surface area contributed by atoms with Crippen LogP contribution in [0, 0.1) is 5.92 Å². The molecule has 2 aromatic heterocycles. The molecule has 1 saturated carbocycles. The second kappa shape index (κ2) is 11.9. The summed E-state index contributed by atoms with van der Waals surface area (Å²) in [5.41, 5.74) is 3.50. The van der Waals surface area contributed by atoms with Gasteiger partial charge in [0.15, 0.2) is 4.96 Å². The van der Waals surface area contributed by atoms with Crippen LogP contribution in [0.15, 0.2) is 54.9 Å². The number of benzene rings is 2. The van der Waals surface area contributed by atoms with Crippen molar-refractivity contribution >= 4 is 51.4 Å². The summed E-state index contributed by atoms with van der Waals surface area (Å²) in [5.74, 6) is 0.620.